The maximum atomic E-state index is 13.0. The predicted molar refractivity (Wildman–Crippen MR) is 126 cm³/mol. The minimum absolute atomic E-state index is 0.0978. The van der Waals surface area contributed by atoms with Crippen molar-refractivity contribution >= 4 is 33.4 Å². The zero-order valence-electron chi connectivity index (χ0n) is 18.0. The topological polar surface area (TPSA) is 78.8 Å². The molecular weight excluding hydrogens is 503 g/mol. The number of hydrogen-bond donors (Lipinski definition) is 1. The van der Waals surface area contributed by atoms with Crippen LogP contribution in [0.3, 0.4) is 0 Å². The van der Waals surface area contributed by atoms with Gasteiger partial charge in [0.05, 0.1) is 16.2 Å². The van der Waals surface area contributed by atoms with Crippen LogP contribution in [0.15, 0.2) is 88.9 Å². The Bertz CT molecular complexity index is 1360. The molecule has 1 unspecified atom stereocenters. The van der Waals surface area contributed by atoms with Crippen LogP contribution in [0, 0.1) is 0 Å². The van der Waals surface area contributed by atoms with Crippen LogP contribution in [-0.2, 0) is 16.2 Å². The van der Waals surface area contributed by atoms with Crippen LogP contribution in [0.4, 0.5) is 18.0 Å². The molecule has 1 N–H and O–H groups in total. The number of benzene rings is 3. The minimum Gasteiger partial charge on any atom is -0.246 e. The van der Waals surface area contributed by atoms with E-state index in [1.165, 1.54) is 0 Å². The number of alkyl halides is 3. The van der Waals surface area contributed by atoms with E-state index in [1.807, 2.05) is 35.1 Å². The third kappa shape index (κ3) is 5.66. The van der Waals surface area contributed by atoms with Crippen LogP contribution >= 0.6 is 11.6 Å². The number of urea groups is 1. The Kier molecular flexibility index (Phi) is 6.86. The van der Waals surface area contributed by atoms with Crippen molar-refractivity contribution < 1.29 is 26.4 Å². The predicted octanol–water partition coefficient (Wildman–Crippen LogP) is 5.65. The highest BCUT2D eigenvalue weighted by Crippen LogP contribution is 2.31. The highest BCUT2D eigenvalue weighted by Gasteiger charge is 2.33. The van der Waals surface area contributed by atoms with Gasteiger partial charge in [0.25, 0.3) is 10.0 Å². The third-order valence-electron chi connectivity index (χ3n) is 5.46. The van der Waals surface area contributed by atoms with Crippen molar-refractivity contribution in [2.45, 2.75) is 23.4 Å². The molecule has 182 valence electrons. The van der Waals surface area contributed by atoms with Gasteiger partial charge >= 0.3 is 12.2 Å². The van der Waals surface area contributed by atoms with Crippen molar-refractivity contribution in [2.75, 3.05) is 6.54 Å². The van der Waals surface area contributed by atoms with Gasteiger partial charge in [-0.25, -0.2) is 22.9 Å². The Morgan fingerprint density at radius 3 is 2.34 bits per heavy atom. The van der Waals surface area contributed by atoms with Gasteiger partial charge in [-0.05, 0) is 47.9 Å². The number of nitrogens with one attached hydrogen (secondary N) is 1. The van der Waals surface area contributed by atoms with Crippen LogP contribution in [0.25, 0.3) is 0 Å². The van der Waals surface area contributed by atoms with Crippen LogP contribution in [0.2, 0.25) is 5.02 Å². The van der Waals surface area contributed by atoms with E-state index >= 15 is 0 Å². The van der Waals surface area contributed by atoms with Crippen molar-refractivity contribution in [2.24, 2.45) is 5.10 Å². The molecule has 6 nitrogen and oxygen atoms in total. The number of carbonyl (C=O) groups is 1. The molecule has 3 aromatic rings. The Balaban J connectivity index is 1.63. The van der Waals surface area contributed by atoms with E-state index in [2.05, 4.69) is 5.10 Å². The molecule has 0 radical (unpaired) electrons. The second kappa shape index (κ2) is 9.71. The summed E-state index contributed by atoms with van der Waals surface area (Å²) >= 11 is 6.00. The van der Waals surface area contributed by atoms with Gasteiger partial charge in [0, 0.05) is 17.5 Å². The number of hydrogen-bond acceptors (Lipinski definition) is 4. The molecule has 1 heterocycles. The van der Waals surface area contributed by atoms with Crippen LogP contribution in [0.1, 0.15) is 29.0 Å². The van der Waals surface area contributed by atoms with Crippen LogP contribution in [-0.4, -0.2) is 31.7 Å². The highest BCUT2D eigenvalue weighted by atomic mass is 35.5. The largest absolute Gasteiger partial charge is 0.416 e. The number of amides is 2. The molecule has 0 spiro atoms. The Labute approximate surface area is 205 Å². The summed E-state index contributed by atoms with van der Waals surface area (Å²) < 4.78 is 66.1. The molecule has 0 saturated heterocycles. The molecule has 0 aromatic heterocycles. The van der Waals surface area contributed by atoms with Gasteiger partial charge in [-0.3, -0.25) is 0 Å². The summed E-state index contributed by atoms with van der Waals surface area (Å²) in [7, 11) is -4.57. The van der Waals surface area contributed by atoms with Crippen LogP contribution in [0.5, 0.6) is 0 Å². The van der Waals surface area contributed by atoms with Gasteiger partial charge in [-0.2, -0.15) is 18.3 Å². The lowest BCUT2D eigenvalue weighted by atomic mass is 9.86. The summed E-state index contributed by atoms with van der Waals surface area (Å²) in [6.45, 7) is 0.0978. The maximum absolute atomic E-state index is 13.0. The lowest BCUT2D eigenvalue weighted by molar-refractivity contribution is -0.137. The van der Waals surface area contributed by atoms with Crippen molar-refractivity contribution in [3.8, 4) is 0 Å². The number of hydrazone groups is 1. The molecule has 0 aliphatic carbocycles. The Morgan fingerprint density at radius 2 is 1.69 bits per heavy atom. The van der Waals surface area contributed by atoms with Gasteiger partial charge < -0.3 is 0 Å². The summed E-state index contributed by atoms with van der Waals surface area (Å²) in [4.78, 5) is 12.1. The summed E-state index contributed by atoms with van der Waals surface area (Å²) in [6.07, 6.45) is -4.28. The minimum atomic E-state index is -4.73. The quantitative estimate of drug-likeness (QED) is 0.482. The van der Waals surface area contributed by atoms with Gasteiger partial charge in [0.1, 0.15) is 0 Å². The Morgan fingerprint density at radius 1 is 1.00 bits per heavy atom. The van der Waals surface area contributed by atoms with E-state index in [-0.39, 0.29) is 12.5 Å². The molecule has 0 fully saturated rings. The summed E-state index contributed by atoms with van der Waals surface area (Å²) in [5.41, 5.74) is 1.06. The molecule has 1 aliphatic heterocycles. The molecule has 2 amide bonds. The fraction of sp³-hybridized carbons (Fsp3) is 0.167. The van der Waals surface area contributed by atoms with Crippen molar-refractivity contribution in [3.63, 3.8) is 0 Å². The van der Waals surface area contributed by atoms with Crippen molar-refractivity contribution in [3.05, 3.63) is 101 Å². The number of halogens is 4. The number of carbonyl (C=O) groups excluding carboxylic acids is 1. The summed E-state index contributed by atoms with van der Waals surface area (Å²) in [5, 5.41) is 5.91. The molecule has 0 saturated carbocycles. The van der Waals surface area contributed by atoms with E-state index in [0.29, 0.717) is 28.8 Å². The molecule has 11 heteroatoms. The normalized spacial score (nSPS) is 16.5. The molecule has 4 rings (SSSR count). The summed E-state index contributed by atoms with van der Waals surface area (Å²) in [5.74, 6) is -0.165. The molecule has 1 aliphatic rings. The van der Waals surface area contributed by atoms with E-state index in [9.17, 15) is 26.4 Å². The standard InChI is InChI=1S/C24H19ClF3N3O3S/c25-19-11-9-17(10-12-19)22-21(16-5-2-1-3-6-16)13-14-31(29-22)23(32)30-35(33,34)20-8-4-7-18(15-20)24(26,27)28/h1-12,15,21H,13-14H2,(H,30,32). The maximum Gasteiger partial charge on any atom is 0.416 e. The van der Waals surface area contributed by atoms with E-state index in [1.54, 1.807) is 24.3 Å². The van der Waals surface area contributed by atoms with E-state index in [4.69, 9.17) is 11.6 Å². The molecule has 35 heavy (non-hydrogen) atoms. The molecule has 3 aromatic carbocycles. The highest BCUT2D eigenvalue weighted by molar-refractivity contribution is 7.90. The first-order chi connectivity index (χ1) is 16.5. The second-order valence-electron chi connectivity index (χ2n) is 7.80. The van der Waals surface area contributed by atoms with Crippen molar-refractivity contribution in [1.29, 1.82) is 0 Å². The first kappa shape index (κ1) is 24.7. The molecule has 1 atom stereocenters. The second-order valence-corrected chi connectivity index (χ2v) is 9.92. The smallest absolute Gasteiger partial charge is 0.246 e. The monoisotopic (exact) mass is 521 g/mol. The lowest BCUT2D eigenvalue weighted by Gasteiger charge is -2.30. The van der Waals surface area contributed by atoms with Crippen LogP contribution < -0.4 is 4.72 Å². The third-order valence-corrected chi connectivity index (χ3v) is 7.03. The number of sulfonamides is 1. The number of nitrogens with zero attached hydrogens (tertiary/aromatic N) is 2. The van der Waals surface area contributed by atoms with Crippen molar-refractivity contribution in [1.82, 2.24) is 9.73 Å². The molecular formula is C24H19ClF3N3O3S. The van der Waals surface area contributed by atoms with E-state index < -0.39 is 32.7 Å². The SMILES string of the molecule is O=C(NS(=O)(=O)c1cccc(C(F)(F)F)c1)N1CCC(c2ccccc2)C(c2ccc(Cl)cc2)=N1. The van der Waals surface area contributed by atoms with Gasteiger partial charge in [0.15, 0.2) is 0 Å². The lowest BCUT2D eigenvalue weighted by Crippen LogP contribution is -2.44. The Hall–Kier alpha value is -3.37. The van der Waals surface area contributed by atoms with Gasteiger partial charge in [-0.1, -0.05) is 60.1 Å². The fourth-order valence-corrected chi connectivity index (χ4v) is 4.86. The first-order valence-corrected chi connectivity index (χ1v) is 12.3. The van der Waals surface area contributed by atoms with Gasteiger partial charge in [0.2, 0.25) is 0 Å². The number of rotatable bonds is 4. The first-order valence-electron chi connectivity index (χ1n) is 10.5. The van der Waals surface area contributed by atoms with Gasteiger partial charge in [-0.15, -0.1) is 0 Å². The average Bonchev–Trinajstić information content (AvgIpc) is 2.84. The zero-order valence-corrected chi connectivity index (χ0v) is 19.6. The average molecular weight is 522 g/mol. The zero-order chi connectivity index (χ0) is 25.2. The molecule has 0 bridgehead atoms. The fourth-order valence-electron chi connectivity index (χ4n) is 3.74. The summed E-state index contributed by atoms with van der Waals surface area (Å²) in [6, 6.07) is 18.5. The van der Waals surface area contributed by atoms with E-state index in [0.717, 1.165) is 28.8 Å².